The highest BCUT2D eigenvalue weighted by Gasteiger charge is 2.29. The number of hydrogen-bond donors (Lipinski definition) is 3. The fourth-order valence-electron chi connectivity index (χ4n) is 2.94. The molecule has 30 heavy (non-hydrogen) atoms. The molecule has 162 valence electrons. The van der Waals surface area contributed by atoms with E-state index in [4.69, 9.17) is 0 Å². The van der Waals surface area contributed by atoms with Gasteiger partial charge in [0.2, 0.25) is 5.95 Å². The summed E-state index contributed by atoms with van der Waals surface area (Å²) in [6.45, 7) is 6.17. The molecule has 0 spiro atoms. The molecule has 0 aliphatic carbocycles. The number of nitrogens with zero attached hydrogens (tertiary/aromatic N) is 4. The van der Waals surface area contributed by atoms with E-state index in [2.05, 4.69) is 25.6 Å². The molecule has 0 fully saturated rings. The molecule has 0 bridgehead atoms. The minimum Gasteiger partial charge on any atom is -0.394 e. The van der Waals surface area contributed by atoms with Crippen LogP contribution in [0.15, 0.2) is 30.6 Å². The summed E-state index contributed by atoms with van der Waals surface area (Å²) in [5, 5.41) is 15.7. The van der Waals surface area contributed by atoms with Crippen molar-refractivity contribution in [3.05, 3.63) is 41.7 Å². The van der Waals surface area contributed by atoms with Gasteiger partial charge in [-0.25, -0.2) is 4.98 Å². The van der Waals surface area contributed by atoms with Crippen LogP contribution >= 0.6 is 0 Å². The number of aliphatic hydroxyl groups is 1. The third-order valence-electron chi connectivity index (χ3n) is 4.77. The van der Waals surface area contributed by atoms with Crippen molar-refractivity contribution < 1.29 is 18.3 Å². The molecule has 0 saturated carbocycles. The maximum Gasteiger partial charge on any atom is 0.416 e. The van der Waals surface area contributed by atoms with Gasteiger partial charge in [0.25, 0.3) is 0 Å². The van der Waals surface area contributed by atoms with E-state index in [0.717, 1.165) is 12.1 Å². The highest BCUT2D eigenvalue weighted by atomic mass is 19.4. The summed E-state index contributed by atoms with van der Waals surface area (Å²) in [5.74, 6) is 0.815. The molecule has 0 saturated heterocycles. The van der Waals surface area contributed by atoms with Gasteiger partial charge in [0, 0.05) is 12.6 Å². The van der Waals surface area contributed by atoms with Gasteiger partial charge in [0.15, 0.2) is 17.0 Å². The number of hydrogen-bond acceptors (Lipinski definition) is 6. The monoisotopic (exact) mass is 422 g/mol. The van der Waals surface area contributed by atoms with Crippen LogP contribution in [0.3, 0.4) is 0 Å². The average Bonchev–Trinajstić information content (AvgIpc) is 3.14. The van der Waals surface area contributed by atoms with Gasteiger partial charge >= 0.3 is 6.18 Å². The number of alkyl halides is 3. The van der Waals surface area contributed by atoms with Crippen molar-refractivity contribution in [2.45, 2.75) is 52.0 Å². The summed E-state index contributed by atoms with van der Waals surface area (Å²) >= 11 is 0. The smallest absolute Gasteiger partial charge is 0.394 e. The van der Waals surface area contributed by atoms with Crippen LogP contribution < -0.4 is 10.6 Å². The number of aromatic nitrogens is 4. The number of aliphatic hydroxyl groups excluding tert-OH is 1. The molecule has 10 heteroatoms. The van der Waals surface area contributed by atoms with E-state index in [1.807, 2.05) is 25.3 Å². The Hall–Kier alpha value is -2.88. The molecule has 3 aromatic rings. The minimum absolute atomic E-state index is 0.0599. The number of fused-ring (bicyclic) bond motifs is 1. The van der Waals surface area contributed by atoms with Gasteiger partial charge in [0.1, 0.15) is 0 Å². The first-order chi connectivity index (χ1) is 14.2. The maximum absolute atomic E-state index is 12.8. The topological polar surface area (TPSA) is 87.9 Å². The highest BCUT2D eigenvalue weighted by molar-refractivity contribution is 5.84. The maximum atomic E-state index is 12.8. The van der Waals surface area contributed by atoms with Crippen molar-refractivity contribution in [1.82, 2.24) is 19.5 Å². The van der Waals surface area contributed by atoms with Crippen LogP contribution in [0, 0.1) is 0 Å². The van der Waals surface area contributed by atoms with Crippen molar-refractivity contribution in [2.75, 3.05) is 17.2 Å². The van der Waals surface area contributed by atoms with E-state index in [0.29, 0.717) is 34.9 Å². The van der Waals surface area contributed by atoms with Gasteiger partial charge in [-0.05, 0) is 38.0 Å². The van der Waals surface area contributed by atoms with E-state index < -0.39 is 11.7 Å². The third kappa shape index (κ3) is 4.81. The van der Waals surface area contributed by atoms with E-state index in [1.165, 1.54) is 12.1 Å². The second-order valence-electron chi connectivity index (χ2n) is 7.29. The summed E-state index contributed by atoms with van der Waals surface area (Å²) < 4.78 is 40.2. The Morgan fingerprint density at radius 2 is 1.83 bits per heavy atom. The summed E-state index contributed by atoms with van der Waals surface area (Å²) in [6.07, 6.45) is -1.99. The zero-order valence-electron chi connectivity index (χ0n) is 17.0. The average molecular weight is 422 g/mol. The SMILES string of the molecule is CCC(CO)Nc1nc(NCc2ccc(C(F)(F)F)cc2)c2ncn(C(C)C)c2n1. The lowest BCUT2D eigenvalue weighted by Crippen LogP contribution is -2.24. The van der Waals surface area contributed by atoms with Crippen LogP contribution in [0.2, 0.25) is 0 Å². The molecule has 3 N–H and O–H groups in total. The molecule has 1 atom stereocenters. The predicted octanol–water partition coefficient (Wildman–Crippen LogP) is 4.22. The van der Waals surface area contributed by atoms with Crippen molar-refractivity contribution in [3.63, 3.8) is 0 Å². The predicted molar refractivity (Wildman–Crippen MR) is 109 cm³/mol. The lowest BCUT2D eigenvalue weighted by Gasteiger charge is -2.16. The number of imidazole rings is 1. The Morgan fingerprint density at radius 3 is 2.40 bits per heavy atom. The van der Waals surface area contributed by atoms with Crippen LogP contribution in [0.25, 0.3) is 11.2 Å². The first-order valence-corrected chi connectivity index (χ1v) is 9.74. The van der Waals surface area contributed by atoms with E-state index in [-0.39, 0.29) is 25.2 Å². The summed E-state index contributed by atoms with van der Waals surface area (Å²) in [7, 11) is 0. The standard InChI is InChI=1S/C20H25F3N6O/c1-4-15(10-30)26-19-27-17(16-18(28-19)29(11-25-16)12(2)3)24-9-13-5-7-14(8-6-13)20(21,22)23/h5-8,11-12,15,30H,4,9-10H2,1-3H3,(H2,24,26,27,28). The molecule has 3 rings (SSSR count). The van der Waals surface area contributed by atoms with Gasteiger partial charge in [-0.2, -0.15) is 23.1 Å². The van der Waals surface area contributed by atoms with Gasteiger partial charge in [-0.3, -0.25) is 0 Å². The van der Waals surface area contributed by atoms with E-state index in [9.17, 15) is 18.3 Å². The summed E-state index contributed by atoms with van der Waals surface area (Å²) in [6, 6.07) is 4.90. The fourth-order valence-corrected chi connectivity index (χ4v) is 2.94. The Morgan fingerprint density at radius 1 is 1.13 bits per heavy atom. The molecule has 1 unspecified atom stereocenters. The first kappa shape index (κ1) is 21.8. The molecular weight excluding hydrogens is 397 g/mol. The van der Waals surface area contributed by atoms with E-state index >= 15 is 0 Å². The Bertz CT molecular complexity index is 981. The lowest BCUT2D eigenvalue weighted by molar-refractivity contribution is -0.137. The normalized spacial score (nSPS) is 13.1. The largest absolute Gasteiger partial charge is 0.416 e. The summed E-state index contributed by atoms with van der Waals surface area (Å²) in [5.41, 5.74) is 1.19. The molecular formula is C20H25F3N6O. The zero-order valence-corrected chi connectivity index (χ0v) is 17.0. The number of anilines is 2. The fraction of sp³-hybridized carbons (Fsp3) is 0.450. The van der Waals surface area contributed by atoms with Gasteiger partial charge in [-0.15, -0.1) is 0 Å². The van der Waals surface area contributed by atoms with Crippen LogP contribution in [0.5, 0.6) is 0 Å². The molecule has 2 heterocycles. The molecule has 1 aromatic carbocycles. The molecule has 0 amide bonds. The van der Waals surface area contributed by atoms with Crippen LogP contribution in [-0.4, -0.2) is 37.3 Å². The van der Waals surface area contributed by atoms with Crippen molar-refractivity contribution in [1.29, 1.82) is 0 Å². The number of benzene rings is 1. The second-order valence-corrected chi connectivity index (χ2v) is 7.29. The third-order valence-corrected chi connectivity index (χ3v) is 4.77. The number of rotatable bonds is 8. The Balaban J connectivity index is 1.89. The van der Waals surface area contributed by atoms with Crippen molar-refractivity contribution >= 4 is 22.9 Å². The lowest BCUT2D eigenvalue weighted by atomic mass is 10.1. The molecule has 7 nitrogen and oxygen atoms in total. The zero-order chi connectivity index (χ0) is 21.9. The van der Waals surface area contributed by atoms with Crippen molar-refractivity contribution in [3.8, 4) is 0 Å². The van der Waals surface area contributed by atoms with Crippen LogP contribution in [-0.2, 0) is 12.7 Å². The molecule has 0 aliphatic heterocycles. The quantitative estimate of drug-likeness (QED) is 0.504. The molecule has 0 radical (unpaired) electrons. The number of nitrogens with one attached hydrogen (secondary N) is 2. The van der Waals surface area contributed by atoms with Gasteiger partial charge < -0.3 is 20.3 Å². The Kier molecular flexibility index (Phi) is 6.45. The highest BCUT2D eigenvalue weighted by Crippen LogP contribution is 2.29. The Labute approximate surface area is 172 Å². The van der Waals surface area contributed by atoms with Crippen LogP contribution in [0.4, 0.5) is 24.9 Å². The molecule has 0 aliphatic rings. The van der Waals surface area contributed by atoms with E-state index in [1.54, 1.807) is 6.33 Å². The van der Waals surface area contributed by atoms with Crippen molar-refractivity contribution in [2.24, 2.45) is 0 Å². The van der Waals surface area contributed by atoms with Gasteiger partial charge in [-0.1, -0.05) is 19.1 Å². The number of halogens is 3. The summed E-state index contributed by atoms with van der Waals surface area (Å²) in [4.78, 5) is 13.4. The second kappa shape index (κ2) is 8.86. The van der Waals surface area contributed by atoms with Crippen LogP contribution in [0.1, 0.15) is 44.4 Å². The molecule has 2 aromatic heterocycles. The van der Waals surface area contributed by atoms with Gasteiger partial charge in [0.05, 0.1) is 24.5 Å². The first-order valence-electron chi connectivity index (χ1n) is 9.74. The minimum atomic E-state index is -4.36.